The molecule has 2 fully saturated rings. The molecule has 0 N–H and O–H groups in total. The third kappa shape index (κ3) is 4.34. The highest BCUT2D eigenvalue weighted by atomic mass is 32.2. The summed E-state index contributed by atoms with van der Waals surface area (Å²) < 4.78 is 23.4. The topological polar surface area (TPSA) is 74.8 Å². The first-order chi connectivity index (χ1) is 12.8. The molecule has 2 amide bonds. The summed E-state index contributed by atoms with van der Waals surface area (Å²) in [5.41, 5.74) is 0.950. The maximum absolute atomic E-state index is 13.0. The lowest BCUT2D eigenvalue weighted by atomic mass is 9.98. The van der Waals surface area contributed by atoms with Crippen LogP contribution in [0.5, 0.6) is 0 Å². The zero-order valence-electron chi connectivity index (χ0n) is 16.1. The van der Waals surface area contributed by atoms with E-state index in [0.717, 1.165) is 32.2 Å². The van der Waals surface area contributed by atoms with Crippen molar-refractivity contribution in [3.05, 3.63) is 35.4 Å². The number of carbonyl (C=O) groups is 2. The number of hydrogen-bond donors (Lipinski definition) is 0. The van der Waals surface area contributed by atoms with Crippen LogP contribution in [0.2, 0.25) is 0 Å². The van der Waals surface area contributed by atoms with Crippen LogP contribution in [-0.4, -0.2) is 67.2 Å². The van der Waals surface area contributed by atoms with E-state index in [2.05, 4.69) is 6.92 Å². The van der Waals surface area contributed by atoms with Gasteiger partial charge in [0, 0.05) is 36.8 Å². The van der Waals surface area contributed by atoms with Gasteiger partial charge in [-0.2, -0.15) is 0 Å². The molecule has 2 heterocycles. The van der Waals surface area contributed by atoms with Crippen molar-refractivity contribution >= 4 is 21.7 Å². The van der Waals surface area contributed by atoms with Crippen LogP contribution < -0.4 is 0 Å². The number of sulfone groups is 1. The number of rotatable bonds is 4. The fourth-order valence-electron chi connectivity index (χ4n) is 4.09. The molecule has 0 bridgehead atoms. The molecule has 2 atom stereocenters. The van der Waals surface area contributed by atoms with Crippen molar-refractivity contribution in [1.82, 2.24) is 9.80 Å². The summed E-state index contributed by atoms with van der Waals surface area (Å²) in [6.07, 6.45) is 4.59. The monoisotopic (exact) mass is 392 g/mol. The summed E-state index contributed by atoms with van der Waals surface area (Å²) in [7, 11) is -1.42. The number of hydrogen-bond acceptors (Lipinski definition) is 4. The first kappa shape index (κ1) is 19.9. The molecule has 0 saturated carbocycles. The maximum atomic E-state index is 13.0. The molecule has 0 radical (unpaired) electrons. The maximum Gasteiger partial charge on any atom is 0.254 e. The molecule has 6 nitrogen and oxygen atoms in total. The van der Waals surface area contributed by atoms with Gasteiger partial charge in [0.15, 0.2) is 9.84 Å². The standard InChI is InChI=1S/C20H28N2O4S/c1-3-17-9-4-5-11-22(17)20(24)16-8-6-7-15(13-16)19(23)21(2)18-10-12-27(25,26)14-18/h6-8,13,17-18H,3-5,9-12,14H2,1-2H3. The van der Waals surface area contributed by atoms with E-state index in [1.165, 1.54) is 4.90 Å². The quantitative estimate of drug-likeness (QED) is 0.788. The van der Waals surface area contributed by atoms with Gasteiger partial charge in [-0.15, -0.1) is 0 Å². The number of nitrogens with zero attached hydrogens (tertiary/aromatic N) is 2. The molecule has 1 aromatic rings. The fourth-order valence-corrected chi connectivity index (χ4v) is 5.87. The molecule has 148 valence electrons. The molecule has 2 unspecified atom stereocenters. The van der Waals surface area contributed by atoms with E-state index in [1.54, 1.807) is 31.3 Å². The average molecular weight is 393 g/mol. The van der Waals surface area contributed by atoms with Crippen LogP contribution in [0.3, 0.4) is 0 Å². The zero-order valence-corrected chi connectivity index (χ0v) is 16.9. The van der Waals surface area contributed by atoms with Gasteiger partial charge in [0.05, 0.1) is 11.5 Å². The minimum absolute atomic E-state index is 0.0137. The van der Waals surface area contributed by atoms with Crippen LogP contribution >= 0.6 is 0 Å². The molecule has 0 aromatic heterocycles. The fraction of sp³-hybridized carbons (Fsp3) is 0.600. The van der Waals surface area contributed by atoms with E-state index in [-0.39, 0.29) is 35.4 Å². The average Bonchev–Trinajstić information content (AvgIpc) is 3.06. The van der Waals surface area contributed by atoms with E-state index in [9.17, 15) is 18.0 Å². The van der Waals surface area contributed by atoms with Crippen molar-refractivity contribution < 1.29 is 18.0 Å². The number of likely N-dealkylation sites (tertiary alicyclic amines) is 1. The molecule has 3 rings (SSSR count). The molecule has 2 aliphatic heterocycles. The number of benzene rings is 1. The SMILES string of the molecule is CCC1CCCCN1C(=O)c1cccc(C(=O)N(C)C2CCS(=O)(=O)C2)c1. The summed E-state index contributed by atoms with van der Waals surface area (Å²) in [6, 6.07) is 6.77. The summed E-state index contributed by atoms with van der Waals surface area (Å²) in [5.74, 6) is -0.124. The van der Waals surface area contributed by atoms with Crippen LogP contribution in [-0.2, 0) is 9.84 Å². The number of amides is 2. The van der Waals surface area contributed by atoms with Gasteiger partial charge >= 0.3 is 0 Å². The van der Waals surface area contributed by atoms with E-state index in [0.29, 0.717) is 17.5 Å². The normalized spacial score (nSPS) is 24.6. The van der Waals surface area contributed by atoms with Gasteiger partial charge in [-0.25, -0.2) is 8.42 Å². The van der Waals surface area contributed by atoms with E-state index in [4.69, 9.17) is 0 Å². The molecular weight excluding hydrogens is 364 g/mol. The van der Waals surface area contributed by atoms with E-state index in [1.807, 2.05) is 4.90 Å². The van der Waals surface area contributed by atoms with E-state index >= 15 is 0 Å². The second kappa shape index (κ2) is 8.00. The van der Waals surface area contributed by atoms with Gasteiger partial charge in [-0.05, 0) is 50.3 Å². The van der Waals surface area contributed by atoms with Crippen LogP contribution in [0.15, 0.2) is 24.3 Å². The summed E-state index contributed by atoms with van der Waals surface area (Å²) in [4.78, 5) is 29.2. The molecule has 1 aromatic carbocycles. The lowest BCUT2D eigenvalue weighted by Crippen LogP contribution is -2.43. The Morgan fingerprint density at radius 3 is 2.59 bits per heavy atom. The van der Waals surface area contributed by atoms with Crippen molar-refractivity contribution in [3.63, 3.8) is 0 Å². The lowest BCUT2D eigenvalue weighted by molar-refractivity contribution is 0.0608. The second-order valence-corrected chi connectivity index (χ2v) is 9.84. The first-order valence-corrected chi connectivity index (χ1v) is 11.5. The Bertz CT molecular complexity index is 821. The Hall–Kier alpha value is -1.89. The lowest BCUT2D eigenvalue weighted by Gasteiger charge is -2.35. The van der Waals surface area contributed by atoms with Crippen molar-refractivity contribution in [2.45, 2.75) is 51.1 Å². The Kier molecular flexibility index (Phi) is 5.89. The third-order valence-corrected chi connectivity index (χ3v) is 7.54. The second-order valence-electron chi connectivity index (χ2n) is 7.61. The molecule has 27 heavy (non-hydrogen) atoms. The predicted molar refractivity (Wildman–Crippen MR) is 105 cm³/mol. The number of carbonyl (C=O) groups excluding carboxylic acids is 2. The van der Waals surface area contributed by atoms with Gasteiger partial charge in [0.25, 0.3) is 11.8 Å². The van der Waals surface area contributed by atoms with Gasteiger partial charge < -0.3 is 9.80 Å². The Balaban J connectivity index is 1.76. The van der Waals surface area contributed by atoms with Crippen molar-refractivity contribution in [3.8, 4) is 0 Å². The molecule has 2 saturated heterocycles. The molecule has 7 heteroatoms. The van der Waals surface area contributed by atoms with Gasteiger partial charge in [-0.3, -0.25) is 9.59 Å². The largest absolute Gasteiger partial charge is 0.338 e. The highest BCUT2D eigenvalue weighted by Gasteiger charge is 2.33. The van der Waals surface area contributed by atoms with Crippen molar-refractivity contribution in [2.24, 2.45) is 0 Å². The Morgan fingerprint density at radius 1 is 1.19 bits per heavy atom. The van der Waals surface area contributed by atoms with Gasteiger partial charge in [0.2, 0.25) is 0 Å². The van der Waals surface area contributed by atoms with Crippen LogP contribution in [0, 0.1) is 0 Å². The van der Waals surface area contributed by atoms with Gasteiger partial charge in [0.1, 0.15) is 0 Å². The minimum atomic E-state index is -3.06. The minimum Gasteiger partial charge on any atom is -0.338 e. The summed E-state index contributed by atoms with van der Waals surface area (Å²) in [6.45, 7) is 2.86. The molecule has 0 spiro atoms. The third-order valence-electron chi connectivity index (χ3n) is 5.79. The predicted octanol–water partition coefficient (Wildman–Crippen LogP) is 2.35. The van der Waals surface area contributed by atoms with Gasteiger partial charge in [-0.1, -0.05) is 13.0 Å². The Labute approximate surface area is 161 Å². The van der Waals surface area contributed by atoms with Crippen LogP contribution in [0.4, 0.5) is 0 Å². The zero-order chi connectivity index (χ0) is 19.6. The summed E-state index contributed by atoms with van der Waals surface area (Å²) >= 11 is 0. The molecule has 0 aliphatic carbocycles. The van der Waals surface area contributed by atoms with Crippen LogP contribution in [0.1, 0.15) is 59.7 Å². The van der Waals surface area contributed by atoms with Crippen LogP contribution in [0.25, 0.3) is 0 Å². The van der Waals surface area contributed by atoms with Crippen molar-refractivity contribution in [2.75, 3.05) is 25.1 Å². The summed E-state index contributed by atoms with van der Waals surface area (Å²) in [5, 5.41) is 0. The Morgan fingerprint density at radius 2 is 1.93 bits per heavy atom. The molecule has 2 aliphatic rings. The highest BCUT2D eigenvalue weighted by Crippen LogP contribution is 2.23. The number of piperidine rings is 1. The first-order valence-electron chi connectivity index (χ1n) is 9.71. The highest BCUT2D eigenvalue weighted by molar-refractivity contribution is 7.91. The van der Waals surface area contributed by atoms with E-state index < -0.39 is 9.84 Å². The van der Waals surface area contributed by atoms with Crippen molar-refractivity contribution in [1.29, 1.82) is 0 Å². The molecular formula is C20H28N2O4S. The smallest absolute Gasteiger partial charge is 0.254 e.